The Kier molecular flexibility index (Phi) is 6.59. The fourth-order valence-electron chi connectivity index (χ4n) is 2.77. The topological polar surface area (TPSA) is 75.7 Å². The van der Waals surface area contributed by atoms with Gasteiger partial charge in [-0.3, -0.25) is 9.10 Å². The summed E-state index contributed by atoms with van der Waals surface area (Å²) in [6, 6.07) is 17.7. The van der Waals surface area contributed by atoms with Crippen LogP contribution in [0.2, 0.25) is 5.02 Å². The standard InChI is InChI=1S/C21H18ClFN2O4S/c1-29-20-10-6-5-9-19(20)25(30(27,28)16-7-3-2-4-8-16)14-21(26)24-18-12-11-15(23)13-17(18)22/h2-13H,14H2,1H3,(H,24,26). The number of hydrogen-bond acceptors (Lipinski definition) is 4. The van der Waals surface area contributed by atoms with Crippen LogP contribution in [0.5, 0.6) is 5.75 Å². The third-order valence-corrected chi connectivity index (χ3v) is 6.26. The van der Waals surface area contributed by atoms with Crippen LogP contribution >= 0.6 is 11.6 Å². The maximum absolute atomic E-state index is 13.3. The Morgan fingerprint density at radius 1 is 1.07 bits per heavy atom. The van der Waals surface area contributed by atoms with Crippen LogP contribution in [-0.4, -0.2) is 28.0 Å². The van der Waals surface area contributed by atoms with E-state index in [1.54, 1.807) is 36.4 Å². The Bertz CT molecular complexity index is 1160. The van der Waals surface area contributed by atoms with Crippen molar-refractivity contribution in [1.82, 2.24) is 0 Å². The van der Waals surface area contributed by atoms with Gasteiger partial charge < -0.3 is 10.1 Å². The van der Waals surface area contributed by atoms with E-state index < -0.39 is 28.3 Å². The summed E-state index contributed by atoms with van der Waals surface area (Å²) in [7, 11) is -2.68. The molecule has 0 atom stereocenters. The number of rotatable bonds is 7. The highest BCUT2D eigenvalue weighted by Crippen LogP contribution is 2.32. The minimum absolute atomic E-state index is 0.00175. The van der Waals surface area contributed by atoms with Gasteiger partial charge in [-0.2, -0.15) is 0 Å². The summed E-state index contributed by atoms with van der Waals surface area (Å²) < 4.78 is 46.1. The number of nitrogens with one attached hydrogen (secondary N) is 1. The van der Waals surface area contributed by atoms with Gasteiger partial charge in [0.05, 0.1) is 28.4 Å². The van der Waals surface area contributed by atoms with Crippen molar-refractivity contribution < 1.29 is 22.3 Å². The average Bonchev–Trinajstić information content (AvgIpc) is 2.74. The number of halogens is 2. The fourth-order valence-corrected chi connectivity index (χ4v) is 4.43. The number of sulfonamides is 1. The van der Waals surface area contributed by atoms with Crippen LogP contribution < -0.4 is 14.4 Å². The Balaban J connectivity index is 1.98. The first-order valence-electron chi connectivity index (χ1n) is 8.78. The van der Waals surface area contributed by atoms with E-state index in [2.05, 4.69) is 5.32 Å². The van der Waals surface area contributed by atoms with Gasteiger partial charge in [-0.1, -0.05) is 41.9 Å². The Morgan fingerprint density at radius 3 is 2.40 bits per heavy atom. The van der Waals surface area contributed by atoms with Crippen molar-refractivity contribution in [2.45, 2.75) is 4.90 Å². The number of anilines is 2. The van der Waals surface area contributed by atoms with Crippen molar-refractivity contribution in [1.29, 1.82) is 0 Å². The van der Waals surface area contributed by atoms with Gasteiger partial charge in [0.25, 0.3) is 10.0 Å². The molecular formula is C21H18ClFN2O4S. The summed E-state index contributed by atoms with van der Waals surface area (Å²) >= 11 is 5.95. The molecule has 0 aromatic heterocycles. The van der Waals surface area contributed by atoms with Crippen molar-refractivity contribution >= 4 is 38.9 Å². The number of benzene rings is 3. The fraction of sp³-hybridized carbons (Fsp3) is 0.0952. The third-order valence-electron chi connectivity index (χ3n) is 4.18. The molecule has 0 spiro atoms. The Hall–Kier alpha value is -3.10. The lowest BCUT2D eigenvalue weighted by Crippen LogP contribution is -2.38. The second kappa shape index (κ2) is 9.15. The summed E-state index contributed by atoms with van der Waals surface area (Å²) in [5.41, 5.74) is 0.365. The largest absolute Gasteiger partial charge is 0.495 e. The highest BCUT2D eigenvalue weighted by atomic mass is 35.5. The normalized spacial score (nSPS) is 11.0. The molecule has 9 heteroatoms. The van der Waals surface area contributed by atoms with E-state index in [9.17, 15) is 17.6 Å². The third kappa shape index (κ3) is 4.72. The molecule has 156 valence electrons. The highest BCUT2D eigenvalue weighted by molar-refractivity contribution is 7.92. The summed E-state index contributed by atoms with van der Waals surface area (Å²) in [6.45, 7) is -0.550. The smallest absolute Gasteiger partial charge is 0.264 e. The summed E-state index contributed by atoms with van der Waals surface area (Å²) in [5.74, 6) is -0.932. The van der Waals surface area contributed by atoms with Crippen molar-refractivity contribution in [3.63, 3.8) is 0 Å². The van der Waals surface area contributed by atoms with E-state index in [1.165, 1.54) is 31.4 Å². The van der Waals surface area contributed by atoms with Crippen LogP contribution in [0.1, 0.15) is 0 Å². The zero-order valence-electron chi connectivity index (χ0n) is 15.9. The van der Waals surface area contributed by atoms with Gasteiger partial charge in [0.1, 0.15) is 18.1 Å². The van der Waals surface area contributed by atoms with Gasteiger partial charge in [0, 0.05) is 0 Å². The molecule has 1 amide bonds. The SMILES string of the molecule is COc1ccccc1N(CC(=O)Nc1ccc(F)cc1Cl)S(=O)(=O)c1ccccc1. The van der Waals surface area contributed by atoms with E-state index in [1.807, 2.05) is 0 Å². The molecule has 0 heterocycles. The molecule has 0 fully saturated rings. The van der Waals surface area contributed by atoms with Gasteiger partial charge in [0.2, 0.25) is 5.91 Å². The Labute approximate surface area is 178 Å². The molecule has 0 saturated carbocycles. The van der Waals surface area contributed by atoms with Crippen molar-refractivity contribution in [2.75, 3.05) is 23.3 Å². The minimum Gasteiger partial charge on any atom is -0.495 e. The van der Waals surface area contributed by atoms with Crippen LogP contribution in [0.25, 0.3) is 0 Å². The minimum atomic E-state index is -4.09. The molecule has 0 bridgehead atoms. The summed E-state index contributed by atoms with van der Waals surface area (Å²) in [5, 5.41) is 2.51. The number of para-hydroxylation sites is 2. The molecule has 0 aliphatic carbocycles. The first-order chi connectivity index (χ1) is 14.3. The first kappa shape index (κ1) is 21.6. The zero-order valence-corrected chi connectivity index (χ0v) is 17.5. The van der Waals surface area contributed by atoms with Gasteiger partial charge in [-0.05, 0) is 42.5 Å². The molecule has 3 aromatic rings. The van der Waals surface area contributed by atoms with Crippen LogP contribution in [0, 0.1) is 5.82 Å². The molecule has 0 radical (unpaired) electrons. The van der Waals surface area contributed by atoms with Crippen LogP contribution in [-0.2, 0) is 14.8 Å². The molecule has 0 saturated heterocycles. The molecule has 0 aliphatic rings. The number of carbonyl (C=O) groups excluding carboxylic acids is 1. The number of carbonyl (C=O) groups is 1. The average molecular weight is 449 g/mol. The van der Waals surface area contributed by atoms with E-state index in [0.717, 1.165) is 16.4 Å². The highest BCUT2D eigenvalue weighted by Gasteiger charge is 2.29. The molecule has 1 N–H and O–H groups in total. The van der Waals surface area contributed by atoms with Crippen molar-refractivity contribution in [3.05, 3.63) is 83.6 Å². The van der Waals surface area contributed by atoms with E-state index in [-0.39, 0.29) is 27.0 Å². The second-order valence-corrected chi connectivity index (χ2v) is 8.44. The van der Waals surface area contributed by atoms with Crippen LogP contribution in [0.15, 0.2) is 77.7 Å². The molecule has 0 unspecified atom stereocenters. The zero-order chi connectivity index (χ0) is 21.7. The monoisotopic (exact) mass is 448 g/mol. The lowest BCUT2D eigenvalue weighted by atomic mass is 10.3. The predicted molar refractivity (Wildman–Crippen MR) is 114 cm³/mol. The molecule has 6 nitrogen and oxygen atoms in total. The summed E-state index contributed by atoms with van der Waals surface area (Å²) in [6.07, 6.45) is 0. The van der Waals surface area contributed by atoms with Gasteiger partial charge >= 0.3 is 0 Å². The van der Waals surface area contributed by atoms with Crippen molar-refractivity contribution in [2.24, 2.45) is 0 Å². The van der Waals surface area contributed by atoms with E-state index >= 15 is 0 Å². The molecule has 0 aliphatic heterocycles. The maximum Gasteiger partial charge on any atom is 0.264 e. The maximum atomic E-state index is 13.3. The summed E-state index contributed by atoms with van der Waals surface area (Å²) in [4.78, 5) is 12.7. The predicted octanol–water partition coefficient (Wildman–Crippen LogP) is 4.32. The van der Waals surface area contributed by atoms with Crippen LogP contribution in [0.3, 0.4) is 0 Å². The van der Waals surface area contributed by atoms with E-state index in [4.69, 9.17) is 16.3 Å². The number of nitrogens with zero attached hydrogens (tertiary/aromatic N) is 1. The van der Waals surface area contributed by atoms with Gasteiger partial charge in [-0.25, -0.2) is 12.8 Å². The Morgan fingerprint density at radius 2 is 1.73 bits per heavy atom. The second-order valence-electron chi connectivity index (χ2n) is 6.17. The number of methoxy groups -OCH3 is 1. The van der Waals surface area contributed by atoms with Crippen molar-refractivity contribution in [3.8, 4) is 5.75 Å². The molecule has 30 heavy (non-hydrogen) atoms. The van der Waals surface area contributed by atoms with E-state index in [0.29, 0.717) is 0 Å². The van der Waals surface area contributed by atoms with Gasteiger partial charge in [-0.15, -0.1) is 0 Å². The lowest BCUT2D eigenvalue weighted by Gasteiger charge is -2.25. The molecular weight excluding hydrogens is 431 g/mol. The first-order valence-corrected chi connectivity index (χ1v) is 10.6. The van der Waals surface area contributed by atoms with Gasteiger partial charge in [0.15, 0.2) is 0 Å². The molecule has 3 aromatic carbocycles. The quantitative estimate of drug-likeness (QED) is 0.584. The van der Waals surface area contributed by atoms with Crippen LogP contribution in [0.4, 0.5) is 15.8 Å². The number of amides is 1. The molecule has 3 rings (SSSR count). The lowest BCUT2D eigenvalue weighted by molar-refractivity contribution is -0.114. The number of ether oxygens (including phenoxy) is 1. The number of hydrogen-bond donors (Lipinski definition) is 1.